The summed E-state index contributed by atoms with van der Waals surface area (Å²) in [7, 11) is 0. The molecule has 2 heterocycles. The zero-order chi connectivity index (χ0) is 31.4. The van der Waals surface area contributed by atoms with Crippen LogP contribution in [-0.4, -0.2) is 28.5 Å². The number of hydrogen-bond donors (Lipinski definition) is 0. The molecule has 6 aromatic rings. The summed E-state index contributed by atoms with van der Waals surface area (Å²) in [6.45, 7) is 0.561. The van der Waals surface area contributed by atoms with Gasteiger partial charge < -0.3 is 0 Å². The Morgan fingerprint density at radius 2 is 0.723 bits per heavy atom. The molecular weight excluding hydrogens is 728 g/mol. The van der Waals surface area contributed by atoms with E-state index in [1.807, 2.05) is 35.7 Å². The number of fused-ring (bicyclic) bond motifs is 2. The Balaban J connectivity index is 1.02. The van der Waals surface area contributed by atoms with Crippen LogP contribution < -0.4 is 27.9 Å². The topological polar surface area (TPSA) is 36.9 Å². The van der Waals surface area contributed by atoms with E-state index in [1.165, 1.54) is 38.3 Å². The first-order valence-electron chi connectivity index (χ1n) is 14.8. The molecule has 8 rings (SSSR count). The van der Waals surface area contributed by atoms with Gasteiger partial charge in [-0.15, -0.1) is 0 Å². The van der Waals surface area contributed by atoms with Crippen LogP contribution in [0.4, 0.5) is 0 Å². The minimum atomic E-state index is 0.103. The van der Waals surface area contributed by atoms with Gasteiger partial charge in [0.25, 0.3) is 0 Å². The van der Waals surface area contributed by atoms with Gasteiger partial charge in [0, 0.05) is 0 Å². The summed E-state index contributed by atoms with van der Waals surface area (Å²) in [4.78, 5) is 9.71. The predicted octanol–water partition coefficient (Wildman–Crippen LogP) is 9.40. The molecule has 0 aliphatic carbocycles. The van der Waals surface area contributed by atoms with E-state index in [0.29, 0.717) is 0 Å². The van der Waals surface area contributed by atoms with Gasteiger partial charge >= 0.3 is 299 Å². The Morgan fingerprint density at radius 1 is 0.362 bits per heavy atom. The predicted molar refractivity (Wildman–Crippen MR) is 192 cm³/mol. The Bertz CT molecular complexity index is 1920. The minimum absolute atomic E-state index is 0.103. The Labute approximate surface area is 297 Å². The van der Waals surface area contributed by atoms with Gasteiger partial charge in [-0.3, -0.25) is 0 Å². The van der Waals surface area contributed by atoms with Crippen LogP contribution in [0.5, 0.6) is 23.0 Å². The van der Waals surface area contributed by atoms with Gasteiger partial charge in [0.2, 0.25) is 0 Å². The summed E-state index contributed by atoms with van der Waals surface area (Å²) >= 11 is 7.28. The van der Waals surface area contributed by atoms with Crippen LogP contribution in [0, 0.1) is 0 Å². The molecule has 0 bridgehead atoms. The van der Waals surface area contributed by atoms with Crippen molar-refractivity contribution in [1.29, 1.82) is 0 Å². The summed E-state index contributed by atoms with van der Waals surface area (Å²) in [5, 5.41) is 0. The van der Waals surface area contributed by atoms with Gasteiger partial charge in [-0.05, 0) is 0 Å². The Kier molecular flexibility index (Phi) is 9.34. The first-order valence-corrected chi connectivity index (χ1v) is 19.8. The van der Waals surface area contributed by atoms with Crippen molar-refractivity contribution in [3.63, 3.8) is 0 Å². The van der Waals surface area contributed by atoms with E-state index in [9.17, 15) is 0 Å². The summed E-state index contributed by atoms with van der Waals surface area (Å²) < 4.78 is 25.0. The second-order valence-electron chi connectivity index (χ2n) is 10.3. The third-order valence-electron chi connectivity index (χ3n) is 7.20. The standard InChI is InChI=1S/C38H26O4S4Se/c1-3-11-33(31(9-1)43-25-17-19-27-29(21-25)41-23-39-27)45-35-13-5-7-15-37(35)47-38-16-8-6-14-36(38)46-34-12-4-2-10-32(34)44-26-18-20-28-30(22-26)42-24-40-28/h1-22H,23-24H2. The maximum atomic E-state index is 5.62. The third kappa shape index (κ3) is 7.16. The zero-order valence-corrected chi connectivity index (χ0v) is 29.8. The molecule has 0 fully saturated rings. The van der Waals surface area contributed by atoms with Gasteiger partial charge in [0.15, 0.2) is 0 Å². The van der Waals surface area contributed by atoms with Crippen LogP contribution in [0.15, 0.2) is 173 Å². The van der Waals surface area contributed by atoms with E-state index in [0.717, 1.165) is 32.8 Å². The quantitative estimate of drug-likeness (QED) is 0.128. The molecule has 0 radical (unpaired) electrons. The second-order valence-corrected chi connectivity index (χ2v) is 17.0. The average molecular weight is 754 g/mol. The molecule has 0 atom stereocenters. The summed E-state index contributed by atoms with van der Waals surface area (Å²) in [6.07, 6.45) is 0. The summed E-state index contributed by atoms with van der Waals surface area (Å²) in [5.74, 6) is 3.22. The molecule has 47 heavy (non-hydrogen) atoms. The summed E-state index contributed by atoms with van der Waals surface area (Å²) in [5.41, 5.74) is 0. The maximum absolute atomic E-state index is 5.62. The fraction of sp³-hybridized carbons (Fsp3) is 0.0526. The van der Waals surface area contributed by atoms with E-state index < -0.39 is 0 Å². The monoisotopic (exact) mass is 754 g/mol. The van der Waals surface area contributed by atoms with E-state index in [-0.39, 0.29) is 28.5 Å². The van der Waals surface area contributed by atoms with E-state index in [4.69, 9.17) is 18.9 Å². The molecule has 6 aromatic carbocycles. The average Bonchev–Trinajstić information content (AvgIpc) is 3.77. The molecule has 0 N–H and O–H groups in total. The van der Waals surface area contributed by atoms with Crippen LogP contribution >= 0.6 is 47.0 Å². The number of benzene rings is 6. The van der Waals surface area contributed by atoms with E-state index >= 15 is 0 Å². The molecule has 232 valence electrons. The molecule has 0 aromatic heterocycles. The Hall–Kier alpha value is -3.56. The first-order chi connectivity index (χ1) is 23.2. The molecule has 0 unspecified atom stereocenters. The fourth-order valence-corrected chi connectivity index (χ4v) is 11.7. The summed E-state index contributed by atoms with van der Waals surface area (Å²) in [6, 6.07) is 47.2. The van der Waals surface area contributed by atoms with Crippen molar-refractivity contribution >= 4 is 70.9 Å². The zero-order valence-electron chi connectivity index (χ0n) is 24.8. The molecule has 0 saturated carbocycles. The van der Waals surface area contributed by atoms with Gasteiger partial charge in [-0.2, -0.15) is 0 Å². The SMILES string of the molecule is c1ccc(Sc2ccccc2[Se]c2ccccc2Sc2ccccc2Sc2ccc3c(c2)OCO3)c(Sc2ccc3c(c2)OCO3)c1. The normalized spacial score (nSPS) is 12.8. The molecular formula is C38H26O4S4Se. The second kappa shape index (κ2) is 14.3. The molecule has 4 nitrogen and oxygen atoms in total. The molecule has 0 saturated heterocycles. The van der Waals surface area contributed by atoms with Crippen LogP contribution in [-0.2, 0) is 0 Å². The van der Waals surface area contributed by atoms with Crippen LogP contribution in [0.1, 0.15) is 0 Å². The van der Waals surface area contributed by atoms with Crippen LogP contribution in [0.3, 0.4) is 0 Å². The van der Waals surface area contributed by atoms with Crippen molar-refractivity contribution < 1.29 is 18.9 Å². The molecule has 0 spiro atoms. The van der Waals surface area contributed by atoms with E-state index in [2.05, 4.69) is 121 Å². The van der Waals surface area contributed by atoms with Crippen molar-refractivity contribution in [3.05, 3.63) is 133 Å². The van der Waals surface area contributed by atoms with Crippen molar-refractivity contribution in [1.82, 2.24) is 0 Å². The Morgan fingerprint density at radius 3 is 1.17 bits per heavy atom. The van der Waals surface area contributed by atoms with E-state index in [1.54, 1.807) is 23.5 Å². The van der Waals surface area contributed by atoms with Gasteiger partial charge in [-0.25, -0.2) is 0 Å². The molecule has 2 aliphatic rings. The van der Waals surface area contributed by atoms with Gasteiger partial charge in [0.1, 0.15) is 0 Å². The number of ether oxygens (including phenoxy) is 4. The molecule has 9 heteroatoms. The van der Waals surface area contributed by atoms with Gasteiger partial charge in [0.05, 0.1) is 0 Å². The van der Waals surface area contributed by atoms with Crippen molar-refractivity contribution in [3.8, 4) is 23.0 Å². The number of rotatable bonds is 10. The first kappa shape index (κ1) is 30.8. The van der Waals surface area contributed by atoms with Gasteiger partial charge in [-0.1, -0.05) is 0 Å². The van der Waals surface area contributed by atoms with Crippen molar-refractivity contribution in [2.24, 2.45) is 0 Å². The molecule has 2 aliphatic heterocycles. The van der Waals surface area contributed by atoms with Crippen LogP contribution in [0.2, 0.25) is 0 Å². The molecule has 0 amide bonds. The third-order valence-corrected chi connectivity index (χ3v) is 14.9. The van der Waals surface area contributed by atoms with Crippen molar-refractivity contribution in [2.75, 3.05) is 13.6 Å². The number of hydrogen-bond acceptors (Lipinski definition) is 8. The fourth-order valence-electron chi connectivity index (χ4n) is 4.97. The van der Waals surface area contributed by atoms with Crippen molar-refractivity contribution in [2.45, 2.75) is 39.2 Å². The van der Waals surface area contributed by atoms with Crippen LogP contribution in [0.25, 0.3) is 0 Å².